The van der Waals surface area contributed by atoms with Gasteiger partial charge in [-0.15, -0.1) is 0 Å². The summed E-state index contributed by atoms with van der Waals surface area (Å²) in [5, 5.41) is 1.12. The van der Waals surface area contributed by atoms with Crippen LogP contribution < -0.4 is 4.90 Å². The topological polar surface area (TPSA) is 76.4 Å². The van der Waals surface area contributed by atoms with Gasteiger partial charge >= 0.3 is 5.97 Å². The van der Waals surface area contributed by atoms with Gasteiger partial charge in [0.25, 0.3) is 0 Å². The first-order valence-corrected chi connectivity index (χ1v) is 11.9. The Morgan fingerprint density at radius 3 is 2.40 bits per heavy atom. The standard InChI is InChI=1S/C27H30N6O2/c1-19-15-32(16-20(2)33(19)18-25-28-10-4-11-29-25)24-13-23-9-12-31(26(23)30-14-24)17-21-5-7-22(8-6-21)27(34)35-3/h4-14,19-20H,15-18H2,1-3H3. The number of carbonyl (C=O) groups is 1. The van der Waals surface area contributed by atoms with Crippen LogP contribution in [0.25, 0.3) is 11.0 Å². The minimum absolute atomic E-state index is 0.324. The van der Waals surface area contributed by atoms with Gasteiger partial charge in [-0.3, -0.25) is 4.90 Å². The van der Waals surface area contributed by atoms with E-state index in [4.69, 9.17) is 9.72 Å². The fraction of sp³-hybridized carbons (Fsp3) is 0.333. The zero-order chi connectivity index (χ0) is 24.4. The van der Waals surface area contributed by atoms with Gasteiger partial charge in [0.05, 0.1) is 31.1 Å². The number of hydrogen-bond donors (Lipinski definition) is 0. The molecule has 4 aromatic rings. The molecule has 180 valence electrons. The lowest BCUT2D eigenvalue weighted by atomic mass is 10.1. The van der Waals surface area contributed by atoms with Crippen LogP contribution in [0.3, 0.4) is 0 Å². The number of piperazine rings is 1. The molecule has 0 bridgehead atoms. The molecule has 0 amide bonds. The molecule has 3 aromatic heterocycles. The number of ether oxygens (including phenoxy) is 1. The van der Waals surface area contributed by atoms with Gasteiger partial charge in [0.1, 0.15) is 11.5 Å². The second kappa shape index (κ2) is 9.84. The average molecular weight is 471 g/mol. The van der Waals surface area contributed by atoms with Crippen LogP contribution in [0.5, 0.6) is 0 Å². The van der Waals surface area contributed by atoms with E-state index < -0.39 is 0 Å². The highest BCUT2D eigenvalue weighted by atomic mass is 16.5. The van der Waals surface area contributed by atoms with Gasteiger partial charge in [-0.1, -0.05) is 12.1 Å². The minimum Gasteiger partial charge on any atom is -0.465 e. The fourth-order valence-corrected chi connectivity index (χ4v) is 4.88. The van der Waals surface area contributed by atoms with Crippen LogP contribution in [-0.4, -0.2) is 62.7 Å². The van der Waals surface area contributed by atoms with Crippen LogP contribution >= 0.6 is 0 Å². The van der Waals surface area contributed by atoms with E-state index in [0.717, 1.165) is 47.7 Å². The van der Waals surface area contributed by atoms with Gasteiger partial charge in [-0.25, -0.2) is 19.7 Å². The molecule has 1 fully saturated rings. The number of nitrogens with zero attached hydrogens (tertiary/aromatic N) is 6. The van der Waals surface area contributed by atoms with Gasteiger partial charge in [-0.2, -0.15) is 0 Å². The first-order valence-electron chi connectivity index (χ1n) is 11.9. The van der Waals surface area contributed by atoms with Crippen LogP contribution in [0, 0.1) is 0 Å². The highest BCUT2D eigenvalue weighted by Crippen LogP contribution is 2.26. The smallest absolute Gasteiger partial charge is 0.337 e. The monoisotopic (exact) mass is 470 g/mol. The van der Waals surface area contributed by atoms with E-state index in [1.54, 1.807) is 24.5 Å². The molecule has 1 aliphatic heterocycles. The first kappa shape index (κ1) is 23.0. The van der Waals surface area contributed by atoms with Gasteiger partial charge in [0.15, 0.2) is 0 Å². The predicted octanol–water partition coefficient (Wildman–Crippen LogP) is 3.76. The summed E-state index contributed by atoms with van der Waals surface area (Å²) in [5.74, 6) is 0.541. The lowest BCUT2D eigenvalue weighted by Gasteiger charge is -2.45. The van der Waals surface area contributed by atoms with E-state index in [2.05, 4.69) is 56.5 Å². The average Bonchev–Trinajstić information content (AvgIpc) is 3.28. The Kier molecular flexibility index (Phi) is 6.46. The number of esters is 1. The Balaban J connectivity index is 1.29. The number of carbonyl (C=O) groups excluding carboxylic acids is 1. The third-order valence-corrected chi connectivity index (χ3v) is 6.72. The van der Waals surface area contributed by atoms with Crippen molar-refractivity contribution in [2.75, 3.05) is 25.1 Å². The maximum atomic E-state index is 11.7. The van der Waals surface area contributed by atoms with Crippen molar-refractivity contribution in [3.05, 3.63) is 84.2 Å². The summed E-state index contributed by atoms with van der Waals surface area (Å²) < 4.78 is 6.91. The summed E-state index contributed by atoms with van der Waals surface area (Å²) in [4.78, 5) is 30.2. The Hall–Kier alpha value is -3.78. The molecule has 0 saturated carbocycles. The molecule has 8 heteroatoms. The Morgan fingerprint density at radius 2 is 1.71 bits per heavy atom. The largest absolute Gasteiger partial charge is 0.465 e. The number of hydrogen-bond acceptors (Lipinski definition) is 7. The van der Waals surface area contributed by atoms with Gasteiger partial charge < -0.3 is 14.2 Å². The Bertz CT molecular complexity index is 1290. The maximum absolute atomic E-state index is 11.7. The molecular weight excluding hydrogens is 440 g/mol. The number of methoxy groups -OCH3 is 1. The minimum atomic E-state index is -0.324. The van der Waals surface area contributed by atoms with Crippen molar-refractivity contribution in [3.8, 4) is 0 Å². The first-order chi connectivity index (χ1) is 17.0. The molecular formula is C27H30N6O2. The molecule has 1 aromatic carbocycles. The van der Waals surface area contributed by atoms with E-state index in [9.17, 15) is 4.79 Å². The molecule has 4 heterocycles. The second-order valence-electron chi connectivity index (χ2n) is 9.18. The molecule has 0 radical (unpaired) electrons. The van der Waals surface area contributed by atoms with Crippen molar-refractivity contribution in [2.24, 2.45) is 0 Å². The summed E-state index contributed by atoms with van der Waals surface area (Å²) >= 11 is 0. The summed E-state index contributed by atoms with van der Waals surface area (Å²) in [6.07, 6.45) is 7.66. The quantitative estimate of drug-likeness (QED) is 0.397. The van der Waals surface area contributed by atoms with Crippen molar-refractivity contribution >= 4 is 22.7 Å². The molecule has 0 spiro atoms. The van der Waals surface area contributed by atoms with E-state index in [-0.39, 0.29) is 5.97 Å². The Labute approximate surface area is 205 Å². The van der Waals surface area contributed by atoms with E-state index in [0.29, 0.717) is 24.2 Å². The molecule has 35 heavy (non-hydrogen) atoms. The summed E-state index contributed by atoms with van der Waals surface area (Å²) in [6, 6.07) is 14.4. The molecule has 1 aliphatic rings. The summed E-state index contributed by atoms with van der Waals surface area (Å²) in [5.41, 5.74) is 3.75. The molecule has 2 atom stereocenters. The van der Waals surface area contributed by atoms with Crippen LogP contribution in [0.1, 0.15) is 35.6 Å². The third-order valence-electron chi connectivity index (χ3n) is 6.72. The lowest BCUT2D eigenvalue weighted by Crippen LogP contribution is -2.56. The molecule has 8 nitrogen and oxygen atoms in total. The molecule has 2 unspecified atom stereocenters. The fourth-order valence-electron chi connectivity index (χ4n) is 4.88. The van der Waals surface area contributed by atoms with Crippen molar-refractivity contribution in [1.82, 2.24) is 24.4 Å². The highest BCUT2D eigenvalue weighted by molar-refractivity contribution is 5.89. The normalized spacial score (nSPS) is 18.7. The predicted molar refractivity (Wildman–Crippen MR) is 135 cm³/mol. The number of pyridine rings is 1. The van der Waals surface area contributed by atoms with Crippen LogP contribution in [-0.2, 0) is 17.8 Å². The van der Waals surface area contributed by atoms with Crippen molar-refractivity contribution < 1.29 is 9.53 Å². The third kappa shape index (κ3) is 4.88. The summed E-state index contributed by atoms with van der Waals surface area (Å²) in [6.45, 7) is 7.83. The molecule has 0 N–H and O–H groups in total. The van der Waals surface area contributed by atoms with Gasteiger partial charge in [-0.05, 0) is 49.7 Å². The van der Waals surface area contributed by atoms with E-state index >= 15 is 0 Å². The van der Waals surface area contributed by atoms with E-state index in [1.807, 2.05) is 24.4 Å². The number of benzene rings is 1. The van der Waals surface area contributed by atoms with Crippen molar-refractivity contribution in [3.63, 3.8) is 0 Å². The number of fused-ring (bicyclic) bond motifs is 1. The highest BCUT2D eigenvalue weighted by Gasteiger charge is 2.30. The zero-order valence-electron chi connectivity index (χ0n) is 20.3. The van der Waals surface area contributed by atoms with Crippen LogP contribution in [0.4, 0.5) is 5.69 Å². The van der Waals surface area contributed by atoms with Crippen molar-refractivity contribution in [1.29, 1.82) is 0 Å². The summed E-state index contributed by atoms with van der Waals surface area (Å²) in [7, 11) is 1.39. The van der Waals surface area contributed by atoms with Crippen molar-refractivity contribution in [2.45, 2.75) is 39.0 Å². The Morgan fingerprint density at radius 1 is 1.00 bits per heavy atom. The molecule has 1 saturated heterocycles. The number of aromatic nitrogens is 4. The number of rotatable bonds is 6. The SMILES string of the molecule is COC(=O)c1ccc(Cn2ccc3cc(N4CC(C)N(Cc5ncccn5)C(C)C4)cnc32)cc1. The molecule has 0 aliphatic carbocycles. The number of anilines is 1. The van der Waals surface area contributed by atoms with Gasteiger partial charge in [0, 0.05) is 55.7 Å². The zero-order valence-corrected chi connectivity index (χ0v) is 20.3. The van der Waals surface area contributed by atoms with Crippen LogP contribution in [0.2, 0.25) is 0 Å². The van der Waals surface area contributed by atoms with E-state index in [1.165, 1.54) is 7.11 Å². The maximum Gasteiger partial charge on any atom is 0.337 e. The molecule has 5 rings (SSSR count). The lowest BCUT2D eigenvalue weighted by molar-refractivity contribution is 0.0600. The van der Waals surface area contributed by atoms with Crippen LogP contribution in [0.15, 0.2) is 67.3 Å². The van der Waals surface area contributed by atoms with Gasteiger partial charge in [0.2, 0.25) is 0 Å². The second-order valence-corrected chi connectivity index (χ2v) is 9.18.